The molecular formula is C93H121N5O40. The van der Waals surface area contributed by atoms with Crippen LogP contribution in [0.1, 0.15) is 146 Å². The van der Waals surface area contributed by atoms with E-state index in [9.17, 15) is 88.5 Å². The highest BCUT2D eigenvalue weighted by atomic mass is 16.8. The predicted octanol–water partition coefficient (Wildman–Crippen LogP) is 0.588. The number of aryl methyl sites for hydroxylation is 2. The molecule has 45 heteroatoms. The van der Waals surface area contributed by atoms with Gasteiger partial charge in [-0.25, -0.2) is 28.8 Å². The summed E-state index contributed by atoms with van der Waals surface area (Å²) in [4.78, 5) is 180. The van der Waals surface area contributed by atoms with Crippen molar-refractivity contribution in [1.82, 2.24) is 25.6 Å². The molecule has 45 nitrogen and oxygen atoms in total. The third-order valence-corrected chi connectivity index (χ3v) is 25.8. The molecule has 4 aliphatic heterocycles. The summed E-state index contributed by atoms with van der Waals surface area (Å²) in [6.45, 7) is 6.94. The van der Waals surface area contributed by atoms with Gasteiger partial charge in [0.15, 0.2) is 42.5 Å². The zero-order chi connectivity index (χ0) is 100. The van der Waals surface area contributed by atoms with Gasteiger partial charge in [0.2, 0.25) is 12.0 Å². The van der Waals surface area contributed by atoms with E-state index in [4.69, 9.17) is 94.7 Å². The Morgan fingerprint density at radius 1 is 0.638 bits per heavy atom. The number of amides is 2. The number of carboxylic acids is 1. The fourth-order valence-electron chi connectivity index (χ4n) is 19.0. The number of unbranched alkanes of at least 4 members (excludes halogenated alkanes) is 1. The summed E-state index contributed by atoms with van der Waals surface area (Å²) < 4.78 is 118. The molecule has 4 saturated heterocycles. The van der Waals surface area contributed by atoms with E-state index in [1.165, 1.54) is 90.4 Å². The minimum Gasteiger partial charge on any atom is -0.480 e. The lowest BCUT2D eigenvalue weighted by Gasteiger charge is -2.67. The van der Waals surface area contributed by atoms with Crippen molar-refractivity contribution >= 4 is 77.3 Å². The van der Waals surface area contributed by atoms with E-state index >= 15 is 9.59 Å². The minimum absolute atomic E-state index is 0.00840. The summed E-state index contributed by atoms with van der Waals surface area (Å²) in [5.74, 6) is -15.9. The van der Waals surface area contributed by atoms with Crippen LogP contribution >= 0.6 is 0 Å². The second-order valence-electron chi connectivity index (χ2n) is 35.3. The number of aliphatic hydroxyl groups excluding tert-OH is 5. The molecule has 6 fully saturated rings. The summed E-state index contributed by atoms with van der Waals surface area (Å²) in [5, 5.41) is 93.1. The van der Waals surface area contributed by atoms with Crippen molar-refractivity contribution in [3.05, 3.63) is 131 Å². The van der Waals surface area contributed by atoms with Crippen LogP contribution in [-0.2, 0) is 160 Å². The van der Waals surface area contributed by atoms with Gasteiger partial charge in [0.05, 0.1) is 61.7 Å². The van der Waals surface area contributed by atoms with Crippen molar-refractivity contribution in [3.8, 4) is 0 Å². The van der Waals surface area contributed by atoms with Gasteiger partial charge >= 0.3 is 59.7 Å². The highest BCUT2D eigenvalue weighted by Crippen LogP contribution is 2.65. The molecule has 138 heavy (non-hydrogen) atoms. The fourth-order valence-corrected chi connectivity index (χ4v) is 19.0. The first kappa shape index (κ1) is 108. The van der Waals surface area contributed by atoms with E-state index in [1.54, 1.807) is 67.2 Å². The monoisotopic (exact) mass is 1950 g/mol. The van der Waals surface area contributed by atoms with Gasteiger partial charge in [-0.2, -0.15) is 0 Å². The number of ether oxygens (including phenoxy) is 20. The van der Waals surface area contributed by atoms with Crippen LogP contribution in [0.25, 0.3) is 0 Å². The summed E-state index contributed by atoms with van der Waals surface area (Å²) in [6, 6.07) is 20.1. The highest BCUT2D eigenvalue weighted by molar-refractivity contribution is 5.97. The topological polar surface area (TPSA) is 603 Å². The first-order valence-corrected chi connectivity index (χ1v) is 45.1. The van der Waals surface area contributed by atoms with Crippen molar-refractivity contribution in [3.63, 3.8) is 0 Å². The Hall–Kier alpha value is -10.8. The molecule has 3 aromatic carbocycles. The fraction of sp³-hybridized carbons (Fsp3) is 0.624. The minimum atomic E-state index is -2.63. The van der Waals surface area contributed by atoms with Crippen molar-refractivity contribution in [2.45, 2.75) is 267 Å². The summed E-state index contributed by atoms with van der Waals surface area (Å²) in [6.07, 6.45) is -29.3. The molecule has 7 unspecified atom stereocenters. The Labute approximate surface area is 792 Å². The second kappa shape index (κ2) is 47.9. The van der Waals surface area contributed by atoms with Crippen molar-refractivity contribution in [2.75, 3.05) is 80.3 Å². The van der Waals surface area contributed by atoms with E-state index in [2.05, 4.69) is 20.9 Å². The number of fused-ring (bicyclic) bond motifs is 5. The summed E-state index contributed by atoms with van der Waals surface area (Å²) >= 11 is 0. The molecule has 2 bridgehead atoms. The number of hydrogen-bond acceptors (Lipinski definition) is 41. The van der Waals surface area contributed by atoms with E-state index in [0.717, 1.165) is 27.7 Å². The lowest BCUT2D eigenvalue weighted by Crippen LogP contribution is -2.82. The number of benzene rings is 3. The van der Waals surface area contributed by atoms with Crippen LogP contribution in [0.5, 0.6) is 0 Å². The quantitative estimate of drug-likeness (QED) is 0.0127. The Morgan fingerprint density at radius 2 is 1.25 bits per heavy atom. The van der Waals surface area contributed by atoms with Crippen LogP contribution < -0.4 is 10.6 Å². The van der Waals surface area contributed by atoms with Crippen LogP contribution in [0.2, 0.25) is 0 Å². The Morgan fingerprint density at radius 3 is 1.86 bits per heavy atom. The number of Topliss-reactive ketones (excluding diaryl/α,β-unsaturated/α-hetero) is 1. The molecule has 758 valence electrons. The number of carbonyl (C=O) groups is 13. The molecule has 2 saturated carbocycles. The molecule has 3 aliphatic carbocycles. The largest absolute Gasteiger partial charge is 0.480 e. The summed E-state index contributed by atoms with van der Waals surface area (Å²) in [5.41, 5.74) is -8.13. The lowest BCUT2D eigenvalue weighted by molar-refractivity contribution is -0.364. The first-order chi connectivity index (χ1) is 65.7. The maximum atomic E-state index is 16.1. The smallest absolute Gasteiger partial charge is 0.350 e. The van der Waals surface area contributed by atoms with E-state index in [1.807, 2.05) is 0 Å². The number of carbonyl (C=O) groups excluding carboxylic acids is 12. The van der Waals surface area contributed by atoms with Gasteiger partial charge in [0.25, 0.3) is 5.91 Å². The molecule has 0 radical (unpaired) electrons. The average Bonchev–Trinajstić information content (AvgIpc) is 0.680. The molecule has 4 aromatic rings. The van der Waals surface area contributed by atoms with Crippen LogP contribution in [0.4, 0.5) is 0 Å². The number of aromatic nitrogens is 3. The van der Waals surface area contributed by atoms with Gasteiger partial charge in [-0.1, -0.05) is 92.7 Å². The molecule has 5 heterocycles. The molecule has 2 amide bonds. The predicted molar refractivity (Wildman–Crippen MR) is 462 cm³/mol. The lowest BCUT2D eigenvalue weighted by atomic mass is 9.44. The van der Waals surface area contributed by atoms with Gasteiger partial charge < -0.3 is 141 Å². The summed E-state index contributed by atoms with van der Waals surface area (Å²) in [7, 11) is 2.40. The van der Waals surface area contributed by atoms with Crippen molar-refractivity contribution in [2.24, 2.45) is 22.7 Å². The molecule has 11 rings (SSSR count). The van der Waals surface area contributed by atoms with Crippen LogP contribution in [0, 0.1) is 22.7 Å². The van der Waals surface area contributed by atoms with Crippen LogP contribution in [0.3, 0.4) is 0 Å². The van der Waals surface area contributed by atoms with Gasteiger partial charge in [-0.15, -0.1) is 5.10 Å². The number of aliphatic hydroxyl groups is 6. The van der Waals surface area contributed by atoms with E-state index in [0.29, 0.717) is 37.9 Å². The highest BCUT2D eigenvalue weighted by Gasteiger charge is 2.79. The number of rotatable bonds is 44. The zero-order valence-corrected chi connectivity index (χ0v) is 78.3. The van der Waals surface area contributed by atoms with Gasteiger partial charge in [-0.05, 0) is 93.9 Å². The number of nitrogens with zero attached hydrogens (tertiary/aromatic N) is 3. The maximum absolute atomic E-state index is 16.1. The SMILES string of the molecule is CCOC(=O)[C@H](CCCCn1cc(CCCO[C@@H]2OC(COC(=O)COCC(=O)O[C@@H](C(=O)O[C@H]3C[C@@]4(O)[C@@H](OC(=O)c5ccccc5)[C@@H]5[C@]6(OC(C)=O)CO[C@@H]6C[C@H](O)[C@@]5(C)C(=O)[C@H](OC(C)=O)C(=C3C)C4(C)C)C(NC(=O)c3ccccc3)c3ccccc3)[C@@H](OC(C)=O)[C@H](OC(C)=O)C2C)nn1)NC(=O)COC1[C@H](OC)OC(CO)[C@@H](O[C@@H]2OC(CO)[C@@H](OC)[C@H](O)C2OCC(=O)O)[C@@H]1O. The van der Waals surface area contributed by atoms with Gasteiger partial charge in [0, 0.05) is 84.4 Å². The third-order valence-electron chi connectivity index (χ3n) is 25.8. The molecule has 7 aliphatic rings. The average molecular weight is 1950 g/mol. The Balaban J connectivity index is 0.728. The first-order valence-electron chi connectivity index (χ1n) is 45.1. The molecule has 9 N–H and O–H groups in total. The number of carboxylic acid groups (broad SMARTS) is 1. The van der Waals surface area contributed by atoms with Crippen LogP contribution in [-0.4, -0.2) is 348 Å². The standard InChI is InChI=1S/C93H121N5O40/c1-13-122-85(116)57(94-64(106)42-125-78-71(112)74(60(40-100)132-88(78)120-12)136-89-79(126-43-65(107)108)70(111)73(119-11)59(39-99)133-89)33-23-24-34-98-38-56(96-97-98)32-25-35-123-87-48(3)72(128-49(4)101)75(129-50(5)102)61(134-87)41-124-66(109)44-121-45-67(110)135-77(69(53-26-17-14-18-27-53)95-83(114)54-28-19-15-20-29-54)86(117)131-58-37-93(118)82(137-84(115)55-30-21-16-22-31-55)80-91(10,62(105)36-63-92(80,46-127-63)138-52(7)104)81(113)76(130-51(6)103)68(47(58)2)90(93,8)9/h14-22,26-31,38,48,57-63,69-80,82,87-89,99-100,105,111-112,118H,13,23-25,32-37,39-46H2,1-12H3,(H,94,106)(H,95,114)(H,107,108)/t48?,57-,58-,59?,60?,61?,62-,63+,69?,70-,71-,72+,73+,74+,75+,76+,77+,78?,79?,80-,82-,87+,88+,89-,91+,92-,93+/m0/s1. The maximum Gasteiger partial charge on any atom is 0.350 e. The normalized spacial score (nSPS) is 30.9. The van der Waals surface area contributed by atoms with Gasteiger partial charge in [-0.3, -0.25) is 38.2 Å². The van der Waals surface area contributed by atoms with Crippen LogP contribution in [0.15, 0.2) is 108 Å². The number of ketones is 1. The zero-order valence-electron chi connectivity index (χ0n) is 78.3. The van der Waals surface area contributed by atoms with Crippen molar-refractivity contribution < 1.29 is 193 Å². The Kier molecular flexibility index (Phi) is 37.3. The van der Waals surface area contributed by atoms with E-state index in [-0.39, 0.29) is 53.9 Å². The number of aliphatic carboxylic acids is 1. The number of nitrogens with one attached hydrogen (secondary N) is 2. The van der Waals surface area contributed by atoms with E-state index < -0.39 is 305 Å². The van der Waals surface area contributed by atoms with Crippen molar-refractivity contribution in [1.29, 1.82) is 0 Å². The molecular weight excluding hydrogens is 1830 g/mol. The molecule has 1 aromatic heterocycles. The second-order valence-corrected chi connectivity index (χ2v) is 35.3. The third kappa shape index (κ3) is 24.8. The number of esters is 9. The van der Waals surface area contributed by atoms with Gasteiger partial charge in [0.1, 0.15) is 130 Å². The molecule has 0 spiro atoms. The Bertz CT molecular complexity index is 4930. The number of methoxy groups -OCH3 is 2. The number of hydrogen-bond donors (Lipinski definition) is 9. The molecule has 27 atom stereocenters.